The molecule has 7 heteroatoms. The van der Waals surface area contributed by atoms with Gasteiger partial charge in [0.15, 0.2) is 0 Å². The van der Waals surface area contributed by atoms with Crippen LogP contribution in [0.3, 0.4) is 0 Å². The normalized spacial score (nSPS) is 26.4. The lowest BCUT2D eigenvalue weighted by Crippen LogP contribution is -2.62. The van der Waals surface area contributed by atoms with Gasteiger partial charge in [-0.1, -0.05) is 18.2 Å². The van der Waals surface area contributed by atoms with Crippen molar-refractivity contribution in [2.24, 2.45) is 5.73 Å². The van der Waals surface area contributed by atoms with Crippen LogP contribution < -0.4 is 10.6 Å². The van der Waals surface area contributed by atoms with Crippen molar-refractivity contribution in [1.29, 1.82) is 0 Å². The fraction of sp³-hybridized carbons (Fsp3) is 0.600. The van der Waals surface area contributed by atoms with Crippen molar-refractivity contribution in [3.8, 4) is 0 Å². The molecule has 1 unspecified atom stereocenters. The minimum absolute atomic E-state index is 0.0362. The SMILES string of the molecule is NC1(C(=O)N2CCN(C3CCN(c4ccccc4)C3=O)CC2)CCOCC1. The van der Waals surface area contributed by atoms with Crippen LogP contribution in [0.25, 0.3) is 0 Å². The van der Waals surface area contributed by atoms with Gasteiger partial charge in [0.2, 0.25) is 11.8 Å². The molecule has 3 fully saturated rings. The first-order chi connectivity index (χ1) is 13.1. The van der Waals surface area contributed by atoms with Crippen LogP contribution in [0.5, 0.6) is 0 Å². The Morgan fingerprint density at radius 3 is 2.37 bits per heavy atom. The van der Waals surface area contributed by atoms with Crippen molar-refractivity contribution in [2.45, 2.75) is 30.8 Å². The van der Waals surface area contributed by atoms with Gasteiger partial charge in [-0.15, -0.1) is 0 Å². The zero-order chi connectivity index (χ0) is 18.9. The number of hydrogen-bond acceptors (Lipinski definition) is 5. The van der Waals surface area contributed by atoms with E-state index >= 15 is 0 Å². The summed E-state index contributed by atoms with van der Waals surface area (Å²) in [5, 5.41) is 0. The molecule has 2 amide bonds. The van der Waals surface area contributed by atoms with E-state index in [2.05, 4.69) is 4.90 Å². The van der Waals surface area contributed by atoms with Crippen molar-refractivity contribution in [2.75, 3.05) is 50.8 Å². The molecule has 3 aliphatic rings. The van der Waals surface area contributed by atoms with E-state index in [0.29, 0.717) is 39.1 Å². The molecule has 1 aromatic rings. The van der Waals surface area contributed by atoms with Crippen molar-refractivity contribution < 1.29 is 14.3 Å². The summed E-state index contributed by atoms with van der Waals surface area (Å²) in [7, 11) is 0. The Hall–Kier alpha value is -1.96. The number of ether oxygens (including phenoxy) is 1. The summed E-state index contributed by atoms with van der Waals surface area (Å²) < 4.78 is 5.34. The molecule has 1 aromatic carbocycles. The number of carbonyl (C=O) groups excluding carboxylic acids is 2. The molecule has 0 bridgehead atoms. The summed E-state index contributed by atoms with van der Waals surface area (Å²) in [5.41, 5.74) is 6.53. The quantitative estimate of drug-likeness (QED) is 0.833. The third kappa shape index (κ3) is 3.59. The number of hydrogen-bond donors (Lipinski definition) is 1. The predicted octanol–water partition coefficient (Wildman–Crippen LogP) is 0.444. The predicted molar refractivity (Wildman–Crippen MR) is 102 cm³/mol. The standard InChI is InChI=1S/C20H28N4O3/c21-20(7-14-27-15-8-20)19(26)23-12-10-22(11-13-23)17-6-9-24(18(17)25)16-4-2-1-3-5-16/h1-5,17H,6-15,21H2. The molecular formula is C20H28N4O3. The largest absolute Gasteiger partial charge is 0.381 e. The summed E-state index contributed by atoms with van der Waals surface area (Å²) in [4.78, 5) is 31.7. The van der Waals surface area contributed by atoms with E-state index in [1.165, 1.54) is 0 Å². The van der Waals surface area contributed by atoms with Crippen molar-refractivity contribution in [3.05, 3.63) is 30.3 Å². The number of benzene rings is 1. The van der Waals surface area contributed by atoms with Crippen molar-refractivity contribution >= 4 is 17.5 Å². The van der Waals surface area contributed by atoms with Crippen LogP contribution >= 0.6 is 0 Å². The molecule has 3 heterocycles. The Balaban J connectivity index is 1.34. The molecule has 7 nitrogen and oxygen atoms in total. The minimum Gasteiger partial charge on any atom is -0.381 e. The lowest BCUT2D eigenvalue weighted by molar-refractivity contribution is -0.142. The number of anilines is 1. The van der Waals surface area contributed by atoms with Gasteiger partial charge in [0.25, 0.3) is 0 Å². The maximum Gasteiger partial charge on any atom is 0.244 e. The Morgan fingerprint density at radius 2 is 1.70 bits per heavy atom. The highest BCUT2D eigenvalue weighted by molar-refractivity contribution is 5.99. The van der Waals surface area contributed by atoms with Gasteiger partial charge in [-0.3, -0.25) is 14.5 Å². The van der Waals surface area contributed by atoms with Crippen LogP contribution in [0.4, 0.5) is 5.69 Å². The fourth-order valence-electron chi connectivity index (χ4n) is 4.37. The number of rotatable bonds is 3. The Morgan fingerprint density at radius 1 is 1.04 bits per heavy atom. The molecule has 2 N–H and O–H groups in total. The van der Waals surface area contributed by atoms with E-state index in [4.69, 9.17) is 10.5 Å². The van der Waals surface area contributed by atoms with Gasteiger partial charge in [-0.05, 0) is 31.4 Å². The molecule has 0 spiro atoms. The van der Waals surface area contributed by atoms with Gasteiger partial charge in [0.05, 0.1) is 11.6 Å². The molecule has 3 saturated heterocycles. The third-order valence-corrected chi connectivity index (χ3v) is 6.10. The molecule has 4 rings (SSSR count). The van der Waals surface area contributed by atoms with Crippen LogP contribution in [-0.4, -0.2) is 79.1 Å². The number of piperazine rings is 1. The maximum atomic E-state index is 12.9. The molecule has 146 valence electrons. The summed E-state index contributed by atoms with van der Waals surface area (Å²) in [6, 6.07) is 9.74. The summed E-state index contributed by atoms with van der Waals surface area (Å²) in [6.07, 6.45) is 2.00. The number of para-hydroxylation sites is 1. The lowest BCUT2D eigenvalue weighted by Gasteiger charge is -2.42. The van der Waals surface area contributed by atoms with Crippen LogP contribution in [0, 0.1) is 0 Å². The third-order valence-electron chi connectivity index (χ3n) is 6.10. The highest BCUT2D eigenvalue weighted by Gasteiger charge is 2.42. The Labute approximate surface area is 160 Å². The second-order valence-corrected chi connectivity index (χ2v) is 7.73. The summed E-state index contributed by atoms with van der Waals surface area (Å²) in [5.74, 6) is 0.204. The lowest BCUT2D eigenvalue weighted by atomic mass is 9.89. The highest BCUT2D eigenvalue weighted by atomic mass is 16.5. The molecule has 3 aliphatic heterocycles. The van der Waals surface area contributed by atoms with Gasteiger partial charge in [-0.2, -0.15) is 0 Å². The van der Waals surface area contributed by atoms with Gasteiger partial charge >= 0.3 is 0 Å². The monoisotopic (exact) mass is 372 g/mol. The number of amides is 2. The first-order valence-electron chi connectivity index (χ1n) is 9.85. The number of carbonyl (C=O) groups is 2. The van der Waals surface area contributed by atoms with Gasteiger partial charge in [0, 0.05) is 51.6 Å². The fourth-order valence-corrected chi connectivity index (χ4v) is 4.37. The van der Waals surface area contributed by atoms with Crippen molar-refractivity contribution in [3.63, 3.8) is 0 Å². The molecule has 1 atom stereocenters. The van der Waals surface area contributed by atoms with E-state index in [0.717, 1.165) is 31.7 Å². The van der Waals surface area contributed by atoms with E-state index in [1.54, 1.807) is 0 Å². The van der Waals surface area contributed by atoms with E-state index in [9.17, 15) is 9.59 Å². The average molecular weight is 372 g/mol. The van der Waals surface area contributed by atoms with Gasteiger partial charge in [-0.25, -0.2) is 0 Å². The zero-order valence-corrected chi connectivity index (χ0v) is 15.7. The zero-order valence-electron chi connectivity index (χ0n) is 15.7. The maximum absolute atomic E-state index is 12.9. The Bertz CT molecular complexity index is 682. The second-order valence-electron chi connectivity index (χ2n) is 7.73. The van der Waals surface area contributed by atoms with Gasteiger partial charge < -0.3 is 20.3 Å². The van der Waals surface area contributed by atoms with Gasteiger partial charge in [0.1, 0.15) is 0 Å². The molecular weight excluding hydrogens is 344 g/mol. The van der Waals surface area contributed by atoms with Crippen LogP contribution in [0.2, 0.25) is 0 Å². The highest BCUT2D eigenvalue weighted by Crippen LogP contribution is 2.26. The molecule has 0 saturated carbocycles. The number of nitrogens with zero attached hydrogens (tertiary/aromatic N) is 3. The van der Waals surface area contributed by atoms with E-state index in [1.807, 2.05) is 40.1 Å². The van der Waals surface area contributed by atoms with Crippen molar-refractivity contribution in [1.82, 2.24) is 9.80 Å². The number of nitrogens with two attached hydrogens (primary N) is 1. The summed E-state index contributed by atoms with van der Waals surface area (Å²) >= 11 is 0. The first-order valence-corrected chi connectivity index (χ1v) is 9.85. The van der Waals surface area contributed by atoms with E-state index < -0.39 is 5.54 Å². The average Bonchev–Trinajstić information content (AvgIpc) is 3.10. The molecule has 0 radical (unpaired) electrons. The van der Waals surface area contributed by atoms with Crippen LogP contribution in [-0.2, 0) is 14.3 Å². The van der Waals surface area contributed by atoms with Crippen LogP contribution in [0.15, 0.2) is 30.3 Å². The Kier molecular flexibility index (Phi) is 5.16. The van der Waals surface area contributed by atoms with Crippen LogP contribution in [0.1, 0.15) is 19.3 Å². The molecule has 0 aromatic heterocycles. The second kappa shape index (κ2) is 7.58. The summed E-state index contributed by atoms with van der Waals surface area (Å²) in [6.45, 7) is 4.55. The minimum atomic E-state index is -0.784. The molecule has 0 aliphatic carbocycles. The molecule has 27 heavy (non-hydrogen) atoms. The smallest absolute Gasteiger partial charge is 0.244 e. The first kappa shape index (κ1) is 18.4. The topological polar surface area (TPSA) is 79.1 Å². The van der Waals surface area contributed by atoms with E-state index in [-0.39, 0.29) is 17.9 Å².